The van der Waals surface area contributed by atoms with Gasteiger partial charge in [0.15, 0.2) is 0 Å². The number of carbonyl (C=O) groups is 6. The molecule has 0 bridgehead atoms. The highest BCUT2D eigenvalue weighted by Gasteiger charge is 2.32. The molecule has 13 nitrogen and oxygen atoms in total. The van der Waals surface area contributed by atoms with Gasteiger partial charge in [-0.1, -0.05) is 20.3 Å². The smallest absolute Gasteiger partial charge is 0.326 e. The Morgan fingerprint density at radius 2 is 1.41 bits per heavy atom. The number of aliphatic carboxylic acids is 3. The van der Waals surface area contributed by atoms with Crippen molar-refractivity contribution in [3.8, 4) is 0 Å². The number of carbonyl (C=O) groups excluding carboxylic acids is 3. The van der Waals surface area contributed by atoms with Gasteiger partial charge in [0.25, 0.3) is 0 Å². The van der Waals surface area contributed by atoms with Gasteiger partial charge in [-0.05, 0) is 30.8 Å². The molecule has 34 heavy (non-hydrogen) atoms. The third kappa shape index (κ3) is 11.8. The summed E-state index contributed by atoms with van der Waals surface area (Å²) in [5.74, 6) is -6.63. The van der Waals surface area contributed by atoms with Crippen molar-refractivity contribution in [2.45, 2.75) is 70.1 Å². The fourth-order valence-electron chi connectivity index (χ4n) is 2.78. The van der Waals surface area contributed by atoms with E-state index in [1.165, 1.54) is 11.8 Å². The van der Waals surface area contributed by atoms with E-state index in [4.69, 9.17) is 15.9 Å². The lowest BCUT2D eigenvalue weighted by molar-refractivity contribution is -0.144. The Labute approximate surface area is 201 Å². The second-order valence-electron chi connectivity index (χ2n) is 7.75. The Morgan fingerprint density at radius 3 is 1.88 bits per heavy atom. The van der Waals surface area contributed by atoms with Crippen molar-refractivity contribution in [3.63, 3.8) is 0 Å². The molecule has 0 heterocycles. The van der Waals surface area contributed by atoms with Gasteiger partial charge in [0.1, 0.15) is 18.1 Å². The van der Waals surface area contributed by atoms with E-state index < -0.39 is 78.6 Å². The van der Waals surface area contributed by atoms with Gasteiger partial charge in [0.05, 0.1) is 12.5 Å². The molecule has 0 rings (SSSR count). The van der Waals surface area contributed by atoms with Crippen LogP contribution in [0.2, 0.25) is 0 Å². The molecule has 0 aliphatic heterocycles. The minimum absolute atomic E-state index is 0.282. The maximum absolute atomic E-state index is 12.7. The molecule has 0 aliphatic carbocycles. The number of nitrogens with one attached hydrogen (secondary N) is 3. The molecule has 5 unspecified atom stereocenters. The number of nitrogens with two attached hydrogens (primary N) is 1. The molecule has 14 heteroatoms. The molecule has 0 fully saturated rings. The van der Waals surface area contributed by atoms with Crippen molar-refractivity contribution in [1.29, 1.82) is 0 Å². The van der Waals surface area contributed by atoms with E-state index in [9.17, 15) is 33.9 Å². The van der Waals surface area contributed by atoms with Gasteiger partial charge in [-0.15, -0.1) is 0 Å². The van der Waals surface area contributed by atoms with Crippen LogP contribution in [0.5, 0.6) is 0 Å². The molecular formula is C20H34N4O9S. The predicted molar refractivity (Wildman–Crippen MR) is 123 cm³/mol. The zero-order valence-corrected chi connectivity index (χ0v) is 20.2. The summed E-state index contributed by atoms with van der Waals surface area (Å²) < 4.78 is 0. The van der Waals surface area contributed by atoms with Crippen molar-refractivity contribution in [2.75, 3.05) is 12.0 Å². The summed E-state index contributed by atoms with van der Waals surface area (Å²) in [6, 6.07) is -5.34. The molecule has 0 aliphatic rings. The van der Waals surface area contributed by atoms with E-state index >= 15 is 0 Å². The van der Waals surface area contributed by atoms with Gasteiger partial charge < -0.3 is 37.0 Å². The Bertz CT molecular complexity index is 750. The second-order valence-corrected chi connectivity index (χ2v) is 8.74. The van der Waals surface area contributed by atoms with Crippen LogP contribution in [0.3, 0.4) is 0 Å². The quantitative estimate of drug-likeness (QED) is 0.126. The van der Waals surface area contributed by atoms with E-state index in [2.05, 4.69) is 16.0 Å². The molecule has 194 valence electrons. The molecule has 0 aromatic rings. The number of carboxylic acid groups (broad SMARTS) is 3. The third-order valence-electron chi connectivity index (χ3n) is 5.04. The first kappa shape index (κ1) is 31.1. The van der Waals surface area contributed by atoms with Crippen molar-refractivity contribution in [1.82, 2.24) is 16.0 Å². The van der Waals surface area contributed by atoms with Crippen molar-refractivity contribution < 1.29 is 44.1 Å². The number of amides is 3. The summed E-state index contributed by atoms with van der Waals surface area (Å²) in [6.45, 7) is 3.32. The lowest BCUT2D eigenvalue weighted by Crippen LogP contribution is -2.58. The van der Waals surface area contributed by atoms with Gasteiger partial charge in [0.2, 0.25) is 17.7 Å². The average molecular weight is 507 g/mol. The van der Waals surface area contributed by atoms with E-state index in [0.29, 0.717) is 12.2 Å². The first-order valence-corrected chi connectivity index (χ1v) is 12.0. The standard InChI is InChI=1S/C20H34N4O9S/c1-4-10(2)16(20(32)33)24-18(30)12(5-6-14(25)26)22-19(31)13(9-15(27)28)23-17(29)11(21)7-8-34-3/h10-13,16H,4-9,21H2,1-3H3,(H,22,31)(H,23,29)(H,24,30)(H,25,26)(H,27,28)(H,32,33). The van der Waals surface area contributed by atoms with Crippen LogP contribution < -0.4 is 21.7 Å². The van der Waals surface area contributed by atoms with Crippen LogP contribution in [0.15, 0.2) is 0 Å². The zero-order chi connectivity index (χ0) is 26.4. The van der Waals surface area contributed by atoms with Gasteiger partial charge in [0, 0.05) is 6.42 Å². The fraction of sp³-hybridized carbons (Fsp3) is 0.700. The zero-order valence-electron chi connectivity index (χ0n) is 19.4. The van der Waals surface area contributed by atoms with Crippen LogP contribution >= 0.6 is 11.8 Å². The number of hydrogen-bond donors (Lipinski definition) is 7. The monoisotopic (exact) mass is 506 g/mol. The minimum atomic E-state index is -1.59. The van der Waals surface area contributed by atoms with Crippen LogP contribution in [-0.2, 0) is 28.8 Å². The average Bonchev–Trinajstić information content (AvgIpc) is 2.76. The maximum atomic E-state index is 12.7. The van der Waals surface area contributed by atoms with Crippen molar-refractivity contribution >= 4 is 47.4 Å². The second kappa shape index (κ2) is 15.9. The Hall–Kier alpha value is -2.87. The molecule has 3 amide bonds. The number of hydrogen-bond acceptors (Lipinski definition) is 8. The molecule has 8 N–H and O–H groups in total. The molecule has 0 radical (unpaired) electrons. The Balaban J connectivity index is 5.59. The van der Waals surface area contributed by atoms with E-state index in [-0.39, 0.29) is 12.8 Å². The van der Waals surface area contributed by atoms with Crippen LogP contribution in [0.4, 0.5) is 0 Å². The highest BCUT2D eigenvalue weighted by Crippen LogP contribution is 2.10. The summed E-state index contributed by atoms with van der Waals surface area (Å²) in [4.78, 5) is 71.4. The third-order valence-corrected chi connectivity index (χ3v) is 5.68. The number of carboxylic acids is 3. The number of thioether (sulfide) groups is 1. The van der Waals surface area contributed by atoms with E-state index in [1.807, 2.05) is 6.26 Å². The van der Waals surface area contributed by atoms with Crippen molar-refractivity contribution in [2.24, 2.45) is 11.7 Å². The normalized spacial score (nSPS) is 15.2. The highest BCUT2D eigenvalue weighted by atomic mass is 32.2. The molecule has 0 spiro atoms. The lowest BCUT2D eigenvalue weighted by atomic mass is 9.98. The number of rotatable bonds is 17. The summed E-state index contributed by atoms with van der Waals surface area (Å²) in [6.07, 6.45) is 0.779. The van der Waals surface area contributed by atoms with Gasteiger partial charge in [-0.3, -0.25) is 24.0 Å². The molecule has 0 saturated heterocycles. The summed E-state index contributed by atoms with van der Waals surface area (Å²) >= 11 is 1.45. The molecule has 0 aromatic heterocycles. The first-order chi connectivity index (χ1) is 15.8. The maximum Gasteiger partial charge on any atom is 0.326 e. The van der Waals surface area contributed by atoms with Crippen molar-refractivity contribution in [3.05, 3.63) is 0 Å². The molecule has 0 aromatic carbocycles. The summed E-state index contributed by atoms with van der Waals surface area (Å²) in [7, 11) is 0. The Morgan fingerprint density at radius 1 is 0.853 bits per heavy atom. The van der Waals surface area contributed by atoms with Crippen LogP contribution in [0.25, 0.3) is 0 Å². The minimum Gasteiger partial charge on any atom is -0.481 e. The summed E-state index contributed by atoms with van der Waals surface area (Å²) in [5, 5.41) is 34.2. The fourth-order valence-corrected chi connectivity index (χ4v) is 3.27. The summed E-state index contributed by atoms with van der Waals surface area (Å²) in [5.41, 5.74) is 5.75. The van der Waals surface area contributed by atoms with E-state index in [0.717, 1.165) is 0 Å². The first-order valence-electron chi connectivity index (χ1n) is 10.7. The lowest BCUT2D eigenvalue weighted by Gasteiger charge is -2.26. The topological polar surface area (TPSA) is 225 Å². The highest BCUT2D eigenvalue weighted by molar-refractivity contribution is 7.98. The molecule has 0 saturated carbocycles. The van der Waals surface area contributed by atoms with Crippen LogP contribution in [0, 0.1) is 5.92 Å². The van der Waals surface area contributed by atoms with E-state index in [1.54, 1.807) is 13.8 Å². The molecular weight excluding hydrogens is 472 g/mol. The van der Waals surface area contributed by atoms with Gasteiger partial charge in [-0.25, -0.2) is 4.79 Å². The molecule has 5 atom stereocenters. The van der Waals surface area contributed by atoms with Gasteiger partial charge in [-0.2, -0.15) is 11.8 Å². The van der Waals surface area contributed by atoms with Crippen LogP contribution in [0.1, 0.15) is 46.0 Å². The largest absolute Gasteiger partial charge is 0.481 e. The Kier molecular flexibility index (Phi) is 14.5. The predicted octanol–water partition coefficient (Wildman–Crippen LogP) is -1.01. The van der Waals surface area contributed by atoms with Gasteiger partial charge >= 0.3 is 17.9 Å². The van der Waals surface area contributed by atoms with Crippen LogP contribution in [-0.4, -0.2) is 87.1 Å². The SMILES string of the molecule is CCC(C)C(NC(=O)C(CCC(=O)O)NC(=O)C(CC(=O)O)NC(=O)C(N)CCSC)C(=O)O.